The van der Waals surface area contributed by atoms with Gasteiger partial charge in [0.15, 0.2) is 0 Å². The summed E-state index contributed by atoms with van der Waals surface area (Å²) in [5, 5.41) is 17.7. The lowest BCUT2D eigenvalue weighted by Crippen LogP contribution is -1.79. The molecule has 0 radical (unpaired) electrons. The van der Waals surface area contributed by atoms with Crippen LogP contribution in [0.3, 0.4) is 0 Å². The third-order valence-corrected chi connectivity index (χ3v) is 1.73. The first kappa shape index (κ1) is 9.82. The minimum absolute atomic E-state index is 0.557. The van der Waals surface area contributed by atoms with E-state index in [-0.39, 0.29) is 0 Å². The molecule has 60 valence electrons. The molecule has 0 spiro atoms. The molecule has 2 nitrogen and oxygen atoms in total. The van der Waals surface area contributed by atoms with Crippen molar-refractivity contribution in [3.05, 3.63) is 12.0 Å². The van der Waals surface area contributed by atoms with E-state index in [2.05, 4.69) is 15.9 Å². The zero-order valence-electron chi connectivity index (χ0n) is 5.89. The van der Waals surface area contributed by atoms with Crippen LogP contribution in [0.2, 0.25) is 0 Å². The molecular formula is C7H13BrO2. The molecule has 0 fully saturated rings. The zero-order chi connectivity index (χ0) is 7.82. The summed E-state index contributed by atoms with van der Waals surface area (Å²) in [6.07, 6.45) is 5.49. The van der Waals surface area contributed by atoms with Gasteiger partial charge in [-0.15, -0.1) is 0 Å². The van der Waals surface area contributed by atoms with E-state index in [1.807, 2.05) is 0 Å². The van der Waals surface area contributed by atoms with Gasteiger partial charge in [0.1, 0.15) is 0 Å². The molecule has 0 aromatic rings. The number of alkyl halides is 1. The van der Waals surface area contributed by atoms with Gasteiger partial charge in [0.05, 0.1) is 0 Å². The minimum Gasteiger partial charge on any atom is -0.481 e. The number of unbranched alkanes of at least 4 members (excludes halogenated alkanes) is 3. The first-order chi connectivity index (χ1) is 4.77. The van der Waals surface area contributed by atoms with Crippen molar-refractivity contribution < 1.29 is 10.2 Å². The van der Waals surface area contributed by atoms with Crippen LogP contribution in [0.4, 0.5) is 0 Å². The SMILES string of the molecule is OC(O)=CCCCCCBr. The highest BCUT2D eigenvalue weighted by Crippen LogP contribution is 2.02. The molecule has 0 aromatic heterocycles. The van der Waals surface area contributed by atoms with E-state index in [0.717, 1.165) is 31.0 Å². The predicted molar refractivity (Wildman–Crippen MR) is 45.6 cm³/mol. The largest absolute Gasteiger partial charge is 0.481 e. The van der Waals surface area contributed by atoms with Crippen molar-refractivity contribution in [2.45, 2.75) is 25.7 Å². The summed E-state index contributed by atoms with van der Waals surface area (Å²) >= 11 is 3.32. The topological polar surface area (TPSA) is 40.5 Å². The Labute approximate surface area is 69.7 Å². The van der Waals surface area contributed by atoms with E-state index in [0.29, 0.717) is 0 Å². The van der Waals surface area contributed by atoms with Crippen molar-refractivity contribution in [1.29, 1.82) is 0 Å². The Morgan fingerprint density at radius 1 is 1.20 bits per heavy atom. The second kappa shape index (κ2) is 6.93. The smallest absolute Gasteiger partial charge is 0.269 e. The summed E-state index contributed by atoms with van der Waals surface area (Å²) in [6.45, 7) is 0. The molecule has 0 bridgehead atoms. The average Bonchev–Trinajstić information content (AvgIpc) is 1.87. The highest BCUT2D eigenvalue weighted by molar-refractivity contribution is 9.09. The summed E-state index contributed by atoms with van der Waals surface area (Å²) in [5.74, 6) is -0.557. The van der Waals surface area contributed by atoms with Crippen LogP contribution in [0, 0.1) is 0 Å². The van der Waals surface area contributed by atoms with Crippen molar-refractivity contribution in [3.8, 4) is 0 Å². The Balaban J connectivity index is 2.98. The van der Waals surface area contributed by atoms with Gasteiger partial charge in [-0.25, -0.2) is 0 Å². The van der Waals surface area contributed by atoms with Gasteiger partial charge in [-0.3, -0.25) is 0 Å². The van der Waals surface area contributed by atoms with Crippen LogP contribution in [0.15, 0.2) is 12.0 Å². The number of rotatable bonds is 5. The summed E-state index contributed by atoms with van der Waals surface area (Å²) in [4.78, 5) is 0. The van der Waals surface area contributed by atoms with Crippen LogP contribution in [-0.2, 0) is 0 Å². The quantitative estimate of drug-likeness (QED) is 0.415. The molecule has 0 aliphatic rings. The highest BCUT2D eigenvalue weighted by Gasteiger charge is 1.87. The number of aliphatic hydroxyl groups is 2. The molecular weight excluding hydrogens is 196 g/mol. The van der Waals surface area contributed by atoms with Gasteiger partial charge in [0.25, 0.3) is 5.95 Å². The second-order valence-electron chi connectivity index (χ2n) is 2.10. The van der Waals surface area contributed by atoms with Gasteiger partial charge in [-0.05, 0) is 25.3 Å². The minimum atomic E-state index is -0.557. The monoisotopic (exact) mass is 208 g/mol. The maximum atomic E-state index is 8.32. The first-order valence-electron chi connectivity index (χ1n) is 3.41. The van der Waals surface area contributed by atoms with Gasteiger partial charge in [-0.2, -0.15) is 0 Å². The summed E-state index contributed by atoms with van der Waals surface area (Å²) in [6, 6.07) is 0. The third-order valence-electron chi connectivity index (χ3n) is 1.16. The Morgan fingerprint density at radius 3 is 2.40 bits per heavy atom. The lowest BCUT2D eigenvalue weighted by Gasteiger charge is -1.92. The van der Waals surface area contributed by atoms with Crippen LogP contribution >= 0.6 is 15.9 Å². The molecule has 0 saturated heterocycles. The number of hydrogen-bond acceptors (Lipinski definition) is 2. The molecule has 0 atom stereocenters. The third kappa shape index (κ3) is 7.82. The van der Waals surface area contributed by atoms with Gasteiger partial charge in [0, 0.05) is 5.33 Å². The van der Waals surface area contributed by atoms with Crippen molar-refractivity contribution in [2.75, 3.05) is 5.33 Å². The maximum Gasteiger partial charge on any atom is 0.269 e. The first-order valence-corrected chi connectivity index (χ1v) is 4.53. The van der Waals surface area contributed by atoms with E-state index >= 15 is 0 Å². The number of hydrogen-bond donors (Lipinski definition) is 2. The molecule has 0 aromatic carbocycles. The Kier molecular flexibility index (Phi) is 6.81. The van der Waals surface area contributed by atoms with E-state index in [1.165, 1.54) is 6.08 Å². The van der Waals surface area contributed by atoms with Gasteiger partial charge >= 0.3 is 0 Å². The molecule has 10 heavy (non-hydrogen) atoms. The summed E-state index contributed by atoms with van der Waals surface area (Å²) < 4.78 is 0. The van der Waals surface area contributed by atoms with Crippen molar-refractivity contribution >= 4 is 15.9 Å². The molecule has 0 rings (SSSR count). The Morgan fingerprint density at radius 2 is 1.90 bits per heavy atom. The molecule has 0 aliphatic carbocycles. The standard InChI is InChI=1S/C7H13BrO2/c8-6-4-2-1-3-5-7(9)10/h5,9-10H,1-4,6H2. The zero-order valence-corrected chi connectivity index (χ0v) is 7.47. The summed E-state index contributed by atoms with van der Waals surface area (Å²) in [7, 11) is 0. The molecule has 2 N–H and O–H groups in total. The fraction of sp³-hybridized carbons (Fsp3) is 0.714. The Bertz CT molecular complexity index is 97.8. The maximum absolute atomic E-state index is 8.32. The molecule has 0 aliphatic heterocycles. The normalized spacial score (nSPS) is 9.30. The fourth-order valence-electron chi connectivity index (χ4n) is 0.647. The van der Waals surface area contributed by atoms with Gasteiger partial charge in [-0.1, -0.05) is 22.4 Å². The van der Waals surface area contributed by atoms with Crippen molar-refractivity contribution in [2.24, 2.45) is 0 Å². The number of halogens is 1. The molecule has 0 unspecified atom stereocenters. The lowest BCUT2D eigenvalue weighted by atomic mass is 10.2. The van der Waals surface area contributed by atoms with Crippen LogP contribution in [-0.4, -0.2) is 15.5 Å². The molecule has 3 heteroatoms. The van der Waals surface area contributed by atoms with Crippen molar-refractivity contribution in [3.63, 3.8) is 0 Å². The molecule has 0 saturated carbocycles. The molecule has 0 amide bonds. The van der Waals surface area contributed by atoms with Crippen LogP contribution in [0.1, 0.15) is 25.7 Å². The molecule has 0 heterocycles. The Hall–Kier alpha value is -0.180. The fourth-order valence-corrected chi connectivity index (χ4v) is 1.04. The van der Waals surface area contributed by atoms with E-state index in [9.17, 15) is 0 Å². The van der Waals surface area contributed by atoms with E-state index < -0.39 is 5.95 Å². The van der Waals surface area contributed by atoms with Crippen LogP contribution in [0.5, 0.6) is 0 Å². The number of aliphatic hydroxyl groups excluding tert-OH is 1. The second-order valence-corrected chi connectivity index (χ2v) is 2.89. The van der Waals surface area contributed by atoms with E-state index in [1.54, 1.807) is 0 Å². The van der Waals surface area contributed by atoms with Crippen LogP contribution < -0.4 is 0 Å². The number of allylic oxidation sites excluding steroid dienone is 1. The highest BCUT2D eigenvalue weighted by atomic mass is 79.9. The van der Waals surface area contributed by atoms with Crippen LogP contribution in [0.25, 0.3) is 0 Å². The van der Waals surface area contributed by atoms with Gasteiger partial charge in [0.2, 0.25) is 0 Å². The summed E-state index contributed by atoms with van der Waals surface area (Å²) in [5.41, 5.74) is 0. The lowest BCUT2D eigenvalue weighted by molar-refractivity contribution is 0.189. The van der Waals surface area contributed by atoms with Gasteiger partial charge < -0.3 is 10.2 Å². The van der Waals surface area contributed by atoms with E-state index in [4.69, 9.17) is 10.2 Å². The average molecular weight is 209 g/mol. The predicted octanol–water partition coefficient (Wildman–Crippen LogP) is 2.90. The van der Waals surface area contributed by atoms with Crippen molar-refractivity contribution in [1.82, 2.24) is 0 Å².